The number of nitriles is 1. The first-order valence-corrected chi connectivity index (χ1v) is 8.28. The molecule has 6 nitrogen and oxygen atoms in total. The van der Waals surface area contributed by atoms with E-state index in [0.717, 1.165) is 11.9 Å². The number of carbonyl (C=O) groups is 1. The van der Waals surface area contributed by atoms with Crippen LogP contribution >= 0.6 is 0 Å². The summed E-state index contributed by atoms with van der Waals surface area (Å²) in [7, 11) is 0. The highest BCUT2D eigenvalue weighted by atomic mass is 16.5. The largest absolute Gasteiger partial charge is 0.377 e. The van der Waals surface area contributed by atoms with Crippen LogP contribution in [0.2, 0.25) is 0 Å². The van der Waals surface area contributed by atoms with E-state index in [2.05, 4.69) is 16.0 Å². The molecule has 0 spiro atoms. The molecule has 1 unspecified atom stereocenters. The number of nitrogens with one attached hydrogen (secondary N) is 2. The maximum Gasteiger partial charge on any atom is 0.255 e. The molecule has 3 heterocycles. The Kier molecular flexibility index (Phi) is 4.00. The Morgan fingerprint density at radius 3 is 3.04 bits per heavy atom. The number of ether oxygens (including phenoxy) is 1. The molecule has 2 aromatic heterocycles. The summed E-state index contributed by atoms with van der Waals surface area (Å²) < 4.78 is 5.62. The number of aromatic amines is 2. The minimum Gasteiger partial charge on any atom is -0.377 e. The number of carbonyl (C=O) groups excluding carboxylic acids is 1. The number of para-hydroxylation sites is 1. The summed E-state index contributed by atoms with van der Waals surface area (Å²) in [5.41, 5.74) is 3.18. The molecular weight excluding hydrogens is 316 g/mol. The molecule has 2 N–H and O–H groups in total. The number of rotatable bonds is 3. The van der Waals surface area contributed by atoms with Crippen LogP contribution in [0.15, 0.2) is 42.7 Å². The van der Waals surface area contributed by atoms with Gasteiger partial charge in [-0.25, -0.2) is 0 Å². The predicted octanol–water partition coefficient (Wildman–Crippen LogP) is 2.45. The summed E-state index contributed by atoms with van der Waals surface area (Å²) in [6, 6.07) is 11.7. The van der Waals surface area contributed by atoms with E-state index in [9.17, 15) is 4.79 Å². The lowest BCUT2D eigenvalue weighted by atomic mass is 10.0. The fourth-order valence-corrected chi connectivity index (χ4v) is 3.39. The van der Waals surface area contributed by atoms with Crippen molar-refractivity contribution in [3.05, 3.63) is 59.5 Å². The number of morpholine rings is 1. The zero-order chi connectivity index (χ0) is 17.2. The molecule has 1 fully saturated rings. The second-order valence-corrected chi connectivity index (χ2v) is 6.20. The fraction of sp³-hybridized carbons (Fsp3) is 0.263. The molecule has 6 heteroatoms. The standard InChI is InChI=1S/C19H18N4O2/c20-9-15-7-14(11-21-15)19(24)23-5-6-25-12-16(23)8-13-10-22-18-4-2-1-3-17(13)18/h1-4,7,10-11,16,21-22H,5-6,8,12H2. The number of aromatic nitrogens is 2. The fourth-order valence-electron chi connectivity index (χ4n) is 3.39. The summed E-state index contributed by atoms with van der Waals surface area (Å²) >= 11 is 0. The first-order chi connectivity index (χ1) is 12.3. The van der Waals surface area contributed by atoms with Crippen molar-refractivity contribution in [2.75, 3.05) is 19.8 Å². The minimum atomic E-state index is -0.0640. The second kappa shape index (κ2) is 6.46. The van der Waals surface area contributed by atoms with E-state index in [1.165, 1.54) is 10.9 Å². The van der Waals surface area contributed by atoms with Crippen LogP contribution in [0.4, 0.5) is 0 Å². The summed E-state index contributed by atoms with van der Waals surface area (Å²) in [4.78, 5) is 20.8. The number of fused-ring (bicyclic) bond motifs is 1. The molecule has 1 aliphatic heterocycles. The van der Waals surface area contributed by atoms with Gasteiger partial charge in [-0.15, -0.1) is 0 Å². The van der Waals surface area contributed by atoms with E-state index < -0.39 is 0 Å². The van der Waals surface area contributed by atoms with Gasteiger partial charge >= 0.3 is 0 Å². The van der Waals surface area contributed by atoms with Crippen molar-refractivity contribution in [2.24, 2.45) is 0 Å². The number of hydrogen-bond acceptors (Lipinski definition) is 3. The third-order valence-corrected chi connectivity index (χ3v) is 4.67. The van der Waals surface area contributed by atoms with E-state index in [-0.39, 0.29) is 11.9 Å². The van der Waals surface area contributed by atoms with E-state index >= 15 is 0 Å². The van der Waals surface area contributed by atoms with Crippen molar-refractivity contribution < 1.29 is 9.53 Å². The zero-order valence-corrected chi connectivity index (χ0v) is 13.7. The normalized spacial score (nSPS) is 17.6. The summed E-state index contributed by atoms with van der Waals surface area (Å²) in [5.74, 6) is -0.0640. The smallest absolute Gasteiger partial charge is 0.255 e. The van der Waals surface area contributed by atoms with E-state index in [1.807, 2.05) is 35.4 Å². The lowest BCUT2D eigenvalue weighted by Gasteiger charge is -2.35. The van der Waals surface area contributed by atoms with Gasteiger partial charge in [0.15, 0.2) is 0 Å². The van der Waals surface area contributed by atoms with Gasteiger partial charge in [0.2, 0.25) is 0 Å². The van der Waals surface area contributed by atoms with Gasteiger partial charge in [-0.3, -0.25) is 4.79 Å². The number of hydrogen-bond donors (Lipinski definition) is 2. The van der Waals surface area contributed by atoms with Crippen LogP contribution in [0.1, 0.15) is 21.6 Å². The molecule has 0 aliphatic carbocycles. The molecule has 4 rings (SSSR count). The second-order valence-electron chi connectivity index (χ2n) is 6.20. The Morgan fingerprint density at radius 2 is 2.20 bits per heavy atom. The highest BCUT2D eigenvalue weighted by Gasteiger charge is 2.29. The maximum atomic E-state index is 12.9. The number of benzene rings is 1. The van der Waals surface area contributed by atoms with E-state index in [1.54, 1.807) is 12.3 Å². The Hall–Kier alpha value is -3.04. The molecule has 1 saturated heterocycles. The van der Waals surface area contributed by atoms with Crippen LogP contribution in [-0.2, 0) is 11.2 Å². The third kappa shape index (κ3) is 2.90. The molecule has 0 radical (unpaired) electrons. The van der Waals surface area contributed by atoms with Gasteiger partial charge in [-0.2, -0.15) is 5.26 Å². The number of H-pyrrole nitrogens is 2. The van der Waals surface area contributed by atoms with Crippen LogP contribution in [0.5, 0.6) is 0 Å². The van der Waals surface area contributed by atoms with Gasteiger partial charge in [0, 0.05) is 29.8 Å². The molecule has 0 saturated carbocycles. The number of amides is 1. The van der Waals surface area contributed by atoms with Crippen molar-refractivity contribution in [1.29, 1.82) is 5.26 Å². The first-order valence-electron chi connectivity index (χ1n) is 8.28. The summed E-state index contributed by atoms with van der Waals surface area (Å²) in [5, 5.41) is 10.1. The monoisotopic (exact) mass is 334 g/mol. The van der Waals surface area contributed by atoms with Crippen molar-refractivity contribution >= 4 is 16.8 Å². The lowest BCUT2D eigenvalue weighted by Crippen LogP contribution is -2.49. The minimum absolute atomic E-state index is 0.0270. The predicted molar refractivity (Wildman–Crippen MR) is 93.2 cm³/mol. The van der Waals surface area contributed by atoms with Crippen LogP contribution in [0.25, 0.3) is 10.9 Å². The van der Waals surface area contributed by atoms with Crippen LogP contribution in [0.3, 0.4) is 0 Å². The summed E-state index contributed by atoms with van der Waals surface area (Å²) in [6.07, 6.45) is 4.33. The molecular formula is C19H18N4O2. The number of nitrogens with zero attached hydrogens (tertiary/aromatic N) is 2. The van der Waals surface area contributed by atoms with E-state index in [4.69, 9.17) is 10.00 Å². The SMILES string of the molecule is N#Cc1cc(C(=O)N2CCOCC2Cc2c[nH]c3ccccc23)c[nH]1. The Bertz CT molecular complexity index is 950. The molecule has 25 heavy (non-hydrogen) atoms. The molecule has 3 aromatic rings. The molecule has 1 atom stereocenters. The van der Waals surface area contributed by atoms with Crippen LogP contribution < -0.4 is 0 Å². The summed E-state index contributed by atoms with van der Waals surface area (Å²) in [6.45, 7) is 1.60. The quantitative estimate of drug-likeness (QED) is 0.771. The van der Waals surface area contributed by atoms with E-state index in [0.29, 0.717) is 31.0 Å². The highest BCUT2D eigenvalue weighted by Crippen LogP contribution is 2.23. The molecule has 126 valence electrons. The average Bonchev–Trinajstić information content (AvgIpc) is 3.29. The van der Waals surface area contributed by atoms with Crippen molar-refractivity contribution in [2.45, 2.75) is 12.5 Å². The Morgan fingerprint density at radius 1 is 1.32 bits per heavy atom. The van der Waals surface area contributed by atoms with Gasteiger partial charge in [0.25, 0.3) is 5.91 Å². The maximum absolute atomic E-state index is 12.9. The van der Waals surface area contributed by atoms with Crippen molar-refractivity contribution in [1.82, 2.24) is 14.9 Å². The van der Waals surface area contributed by atoms with Crippen LogP contribution in [0, 0.1) is 11.3 Å². The van der Waals surface area contributed by atoms with Gasteiger partial charge in [0.05, 0.1) is 24.8 Å². The third-order valence-electron chi connectivity index (χ3n) is 4.67. The van der Waals surface area contributed by atoms with Crippen molar-refractivity contribution in [3.8, 4) is 6.07 Å². The lowest BCUT2D eigenvalue weighted by molar-refractivity contribution is -0.00154. The first kappa shape index (κ1) is 15.5. The van der Waals surface area contributed by atoms with Gasteiger partial charge < -0.3 is 19.6 Å². The molecule has 1 aromatic carbocycles. The topological polar surface area (TPSA) is 84.9 Å². The van der Waals surface area contributed by atoms with Gasteiger partial charge in [0.1, 0.15) is 11.8 Å². The van der Waals surface area contributed by atoms with Gasteiger partial charge in [-0.05, 0) is 24.1 Å². The van der Waals surface area contributed by atoms with Crippen molar-refractivity contribution in [3.63, 3.8) is 0 Å². The Balaban J connectivity index is 1.58. The van der Waals surface area contributed by atoms with Crippen LogP contribution in [-0.4, -0.2) is 46.6 Å². The van der Waals surface area contributed by atoms with Gasteiger partial charge in [-0.1, -0.05) is 18.2 Å². The highest BCUT2D eigenvalue weighted by molar-refractivity contribution is 5.94. The molecule has 0 bridgehead atoms. The molecule has 1 aliphatic rings. The zero-order valence-electron chi connectivity index (χ0n) is 13.7. The Labute approximate surface area is 145 Å². The molecule has 1 amide bonds. The average molecular weight is 334 g/mol.